The quantitative estimate of drug-likeness (QED) is 0.572. The van der Waals surface area contributed by atoms with Crippen LogP contribution in [-0.2, 0) is 4.74 Å². The highest BCUT2D eigenvalue weighted by molar-refractivity contribution is 5.13. The molecule has 0 bridgehead atoms. The van der Waals surface area contributed by atoms with Gasteiger partial charge in [0.05, 0.1) is 12.4 Å². The molecule has 0 amide bonds. The van der Waals surface area contributed by atoms with Gasteiger partial charge in [0, 0.05) is 0 Å². The second-order valence-electron chi connectivity index (χ2n) is 4.31. The minimum absolute atomic E-state index is 0.529. The third-order valence-corrected chi connectivity index (χ3v) is 2.85. The van der Waals surface area contributed by atoms with Crippen molar-refractivity contribution in [1.82, 2.24) is 0 Å². The molecule has 2 aliphatic rings. The third kappa shape index (κ3) is 2.26. The van der Waals surface area contributed by atoms with E-state index in [1.54, 1.807) is 0 Å². The Bertz CT molecular complexity index is 177. The van der Waals surface area contributed by atoms with Crippen LogP contribution < -0.4 is 0 Å². The Morgan fingerprint density at radius 3 is 2.83 bits per heavy atom. The first-order valence-electron chi connectivity index (χ1n) is 5.18. The predicted octanol–water partition coefficient (Wildman–Crippen LogP) is 3.26. The lowest BCUT2D eigenvalue weighted by molar-refractivity contribution is 0.0851. The van der Waals surface area contributed by atoms with Gasteiger partial charge in [-0.3, -0.25) is 0 Å². The summed E-state index contributed by atoms with van der Waals surface area (Å²) in [5.74, 6) is 0.876. The highest BCUT2D eigenvalue weighted by Crippen LogP contribution is 2.30. The van der Waals surface area contributed by atoms with Crippen molar-refractivity contribution in [2.75, 3.05) is 0 Å². The fourth-order valence-corrected chi connectivity index (χ4v) is 1.88. The van der Waals surface area contributed by atoms with E-state index in [0.29, 0.717) is 6.10 Å². The van der Waals surface area contributed by atoms with Crippen molar-refractivity contribution in [2.45, 2.75) is 51.6 Å². The average Bonchev–Trinajstić information content (AvgIpc) is 2.84. The molecule has 2 atom stereocenters. The van der Waals surface area contributed by atoms with Crippen molar-refractivity contribution in [1.29, 1.82) is 0 Å². The van der Waals surface area contributed by atoms with Gasteiger partial charge in [0.25, 0.3) is 0 Å². The van der Waals surface area contributed by atoms with Crippen LogP contribution in [0.2, 0.25) is 0 Å². The molecule has 2 rings (SSSR count). The number of hydrogen-bond acceptors (Lipinski definition) is 1. The SMILES string of the molecule is C[C@@H]1CCC[C@H](OC=C2CC2)C1. The summed E-state index contributed by atoms with van der Waals surface area (Å²) in [5.41, 5.74) is 1.51. The Balaban J connectivity index is 1.75. The van der Waals surface area contributed by atoms with Crippen LogP contribution in [-0.4, -0.2) is 6.10 Å². The van der Waals surface area contributed by atoms with Crippen molar-refractivity contribution < 1.29 is 4.74 Å². The maximum atomic E-state index is 5.72. The number of ether oxygens (including phenoxy) is 1. The van der Waals surface area contributed by atoms with E-state index in [0.717, 1.165) is 5.92 Å². The van der Waals surface area contributed by atoms with Gasteiger partial charge in [0.1, 0.15) is 0 Å². The third-order valence-electron chi connectivity index (χ3n) is 2.85. The van der Waals surface area contributed by atoms with Crippen LogP contribution in [0.25, 0.3) is 0 Å². The summed E-state index contributed by atoms with van der Waals surface area (Å²) in [6.45, 7) is 2.33. The molecule has 1 heteroatoms. The monoisotopic (exact) mass is 166 g/mol. The normalized spacial score (nSPS) is 34.6. The summed E-state index contributed by atoms with van der Waals surface area (Å²) in [6, 6.07) is 0. The lowest BCUT2D eigenvalue weighted by Crippen LogP contribution is -2.19. The molecule has 1 nitrogen and oxygen atoms in total. The molecule has 0 radical (unpaired) electrons. The first kappa shape index (κ1) is 8.15. The zero-order valence-corrected chi connectivity index (χ0v) is 7.88. The Kier molecular flexibility index (Phi) is 2.38. The summed E-state index contributed by atoms with van der Waals surface area (Å²) in [6.07, 6.45) is 10.4. The Morgan fingerprint density at radius 1 is 1.33 bits per heavy atom. The predicted molar refractivity (Wildman–Crippen MR) is 49.8 cm³/mol. The van der Waals surface area contributed by atoms with Gasteiger partial charge < -0.3 is 4.74 Å². The summed E-state index contributed by atoms with van der Waals surface area (Å²) >= 11 is 0. The number of rotatable bonds is 2. The Hall–Kier alpha value is -0.460. The molecule has 0 saturated heterocycles. The van der Waals surface area contributed by atoms with Crippen molar-refractivity contribution in [3.8, 4) is 0 Å². The maximum Gasteiger partial charge on any atom is 0.0981 e. The van der Waals surface area contributed by atoms with Crippen LogP contribution in [0.5, 0.6) is 0 Å². The van der Waals surface area contributed by atoms with Gasteiger partial charge in [0.2, 0.25) is 0 Å². The van der Waals surface area contributed by atoms with E-state index in [1.807, 2.05) is 6.26 Å². The molecule has 0 N–H and O–H groups in total. The van der Waals surface area contributed by atoms with E-state index < -0.39 is 0 Å². The molecule has 2 saturated carbocycles. The second-order valence-corrected chi connectivity index (χ2v) is 4.31. The molecule has 0 aromatic rings. The second kappa shape index (κ2) is 3.51. The van der Waals surface area contributed by atoms with Gasteiger partial charge in [-0.2, -0.15) is 0 Å². The van der Waals surface area contributed by atoms with Gasteiger partial charge in [-0.25, -0.2) is 0 Å². The van der Waals surface area contributed by atoms with Crippen molar-refractivity contribution in [3.63, 3.8) is 0 Å². The van der Waals surface area contributed by atoms with Crippen LogP contribution in [0.3, 0.4) is 0 Å². The highest BCUT2D eigenvalue weighted by atomic mass is 16.5. The molecule has 0 aliphatic heterocycles. The fourth-order valence-electron chi connectivity index (χ4n) is 1.88. The van der Waals surface area contributed by atoms with Gasteiger partial charge in [-0.1, -0.05) is 13.3 Å². The minimum Gasteiger partial charge on any atom is -0.498 e. The molecular weight excluding hydrogens is 148 g/mol. The molecule has 0 unspecified atom stereocenters. The smallest absolute Gasteiger partial charge is 0.0981 e. The molecule has 2 aliphatic carbocycles. The minimum atomic E-state index is 0.529. The maximum absolute atomic E-state index is 5.72. The molecular formula is C11H18O. The first-order chi connectivity index (χ1) is 5.84. The van der Waals surface area contributed by atoms with E-state index in [2.05, 4.69) is 6.92 Å². The lowest BCUT2D eigenvalue weighted by Gasteiger charge is -2.25. The summed E-state index contributed by atoms with van der Waals surface area (Å²) in [4.78, 5) is 0. The van der Waals surface area contributed by atoms with Crippen molar-refractivity contribution in [2.24, 2.45) is 5.92 Å². The molecule has 12 heavy (non-hydrogen) atoms. The zero-order valence-electron chi connectivity index (χ0n) is 7.88. The van der Waals surface area contributed by atoms with Gasteiger partial charge in [-0.15, -0.1) is 0 Å². The van der Waals surface area contributed by atoms with Crippen molar-refractivity contribution >= 4 is 0 Å². The van der Waals surface area contributed by atoms with Crippen LogP contribution in [0.1, 0.15) is 45.4 Å². The molecule has 0 aromatic heterocycles. The van der Waals surface area contributed by atoms with Gasteiger partial charge in [-0.05, 0) is 43.6 Å². The molecule has 2 fully saturated rings. The van der Waals surface area contributed by atoms with Crippen LogP contribution >= 0.6 is 0 Å². The number of allylic oxidation sites excluding steroid dienone is 1. The Labute approximate surface area is 74.8 Å². The molecule has 0 heterocycles. The standard InChI is InChI=1S/C11H18O/c1-9-3-2-4-11(7-9)12-8-10-5-6-10/h8-9,11H,2-7H2,1H3/t9-,11+/m1/s1. The lowest BCUT2D eigenvalue weighted by atomic mass is 9.89. The van der Waals surface area contributed by atoms with E-state index in [-0.39, 0.29) is 0 Å². The first-order valence-corrected chi connectivity index (χ1v) is 5.18. The van der Waals surface area contributed by atoms with E-state index in [4.69, 9.17) is 4.74 Å². The Morgan fingerprint density at radius 2 is 2.17 bits per heavy atom. The molecule has 68 valence electrons. The van der Waals surface area contributed by atoms with Crippen LogP contribution in [0.15, 0.2) is 11.8 Å². The molecule has 0 spiro atoms. The van der Waals surface area contributed by atoms with Crippen molar-refractivity contribution in [3.05, 3.63) is 11.8 Å². The summed E-state index contributed by atoms with van der Waals surface area (Å²) in [7, 11) is 0. The van der Waals surface area contributed by atoms with Crippen LogP contribution in [0, 0.1) is 5.92 Å². The summed E-state index contributed by atoms with van der Waals surface area (Å²) in [5, 5.41) is 0. The largest absolute Gasteiger partial charge is 0.498 e. The average molecular weight is 166 g/mol. The van der Waals surface area contributed by atoms with E-state index in [1.165, 1.54) is 44.1 Å². The van der Waals surface area contributed by atoms with Gasteiger partial charge >= 0.3 is 0 Å². The van der Waals surface area contributed by atoms with E-state index in [9.17, 15) is 0 Å². The van der Waals surface area contributed by atoms with E-state index >= 15 is 0 Å². The summed E-state index contributed by atoms with van der Waals surface area (Å²) < 4.78 is 5.72. The van der Waals surface area contributed by atoms with Crippen LogP contribution in [0.4, 0.5) is 0 Å². The highest BCUT2D eigenvalue weighted by Gasteiger charge is 2.20. The topological polar surface area (TPSA) is 9.23 Å². The van der Waals surface area contributed by atoms with Gasteiger partial charge in [0.15, 0.2) is 0 Å². The fraction of sp³-hybridized carbons (Fsp3) is 0.818. The zero-order chi connectivity index (χ0) is 8.39. The molecule has 0 aromatic carbocycles. The number of hydrogen-bond donors (Lipinski definition) is 0.